The number of carbonyl (C=O) groups is 1. The zero-order valence-corrected chi connectivity index (χ0v) is 22.9. The molecule has 2 fully saturated rings. The Balaban J connectivity index is 1.11. The fraction of sp³-hybridized carbons (Fsp3) is 0.483. The molecule has 11 heteroatoms. The number of hydrogen-bond acceptors (Lipinski definition) is 6. The molecule has 5 rings (SSSR count). The van der Waals surface area contributed by atoms with Crippen LogP contribution >= 0.6 is 0 Å². The third-order valence-corrected chi connectivity index (χ3v) is 8.18. The van der Waals surface area contributed by atoms with Gasteiger partial charge in [0.15, 0.2) is 17.5 Å². The summed E-state index contributed by atoms with van der Waals surface area (Å²) in [7, 11) is 0. The lowest BCUT2D eigenvalue weighted by Gasteiger charge is -2.41. The zero-order chi connectivity index (χ0) is 28.2. The monoisotopic (exact) mass is 558 g/mol. The molecule has 0 aromatic heterocycles. The Morgan fingerprint density at radius 2 is 1.93 bits per heavy atom. The second-order valence-electron chi connectivity index (χ2n) is 10.9. The highest BCUT2D eigenvalue weighted by Gasteiger charge is 2.30. The van der Waals surface area contributed by atoms with Gasteiger partial charge in [-0.2, -0.15) is 0 Å². The quantitative estimate of drug-likeness (QED) is 0.443. The molecular formula is C29H37F3N6O2. The number of piperazine rings is 1. The van der Waals surface area contributed by atoms with Crippen molar-refractivity contribution >= 4 is 17.4 Å². The van der Waals surface area contributed by atoms with Crippen LogP contribution in [0.1, 0.15) is 30.9 Å². The minimum absolute atomic E-state index is 0.132. The van der Waals surface area contributed by atoms with Gasteiger partial charge in [0, 0.05) is 50.0 Å². The van der Waals surface area contributed by atoms with Crippen LogP contribution in [0, 0.1) is 36.2 Å². The van der Waals surface area contributed by atoms with Gasteiger partial charge in [-0.25, -0.2) is 18.0 Å². The summed E-state index contributed by atoms with van der Waals surface area (Å²) < 4.78 is 40.8. The first-order valence-electron chi connectivity index (χ1n) is 13.9. The molecule has 0 spiro atoms. The number of hydrogen-bond donors (Lipinski definition) is 3. The molecule has 8 nitrogen and oxygen atoms in total. The summed E-state index contributed by atoms with van der Waals surface area (Å²) in [6.07, 6.45) is 6.26. The van der Waals surface area contributed by atoms with E-state index in [9.17, 15) is 18.0 Å². The van der Waals surface area contributed by atoms with Gasteiger partial charge in [-0.05, 0) is 75.2 Å². The third-order valence-electron chi connectivity index (χ3n) is 8.18. The molecule has 3 aliphatic heterocycles. The number of nitrogens with one attached hydrogen (secondary N) is 3. The second-order valence-corrected chi connectivity index (χ2v) is 10.9. The van der Waals surface area contributed by atoms with Crippen LogP contribution in [-0.4, -0.2) is 56.2 Å². The minimum atomic E-state index is -1.47. The molecule has 0 aliphatic carbocycles. The Morgan fingerprint density at radius 1 is 1.12 bits per heavy atom. The molecule has 3 atom stereocenters. The van der Waals surface area contributed by atoms with Crippen LogP contribution in [-0.2, 0) is 11.3 Å². The fourth-order valence-corrected chi connectivity index (χ4v) is 6.00. The Hall–Kier alpha value is -3.60. The van der Waals surface area contributed by atoms with Gasteiger partial charge in [0.05, 0.1) is 6.20 Å². The van der Waals surface area contributed by atoms with Gasteiger partial charge in [0.25, 0.3) is 0 Å². The second kappa shape index (κ2) is 12.3. The van der Waals surface area contributed by atoms with Gasteiger partial charge >= 0.3 is 6.03 Å². The van der Waals surface area contributed by atoms with Crippen molar-refractivity contribution in [3.8, 4) is 0 Å². The van der Waals surface area contributed by atoms with Crippen LogP contribution in [0.4, 0.5) is 29.3 Å². The Labute approximate surface area is 233 Å². The van der Waals surface area contributed by atoms with Gasteiger partial charge < -0.3 is 25.3 Å². The first-order chi connectivity index (χ1) is 19.3. The van der Waals surface area contributed by atoms with Gasteiger partial charge in [-0.3, -0.25) is 5.43 Å². The van der Waals surface area contributed by atoms with E-state index in [2.05, 4.69) is 41.2 Å². The first-order valence-corrected chi connectivity index (χ1v) is 13.9. The van der Waals surface area contributed by atoms with E-state index in [-0.39, 0.29) is 17.8 Å². The number of halogens is 3. The largest absolute Gasteiger partial charge is 0.368 e. The van der Waals surface area contributed by atoms with E-state index in [4.69, 9.17) is 4.84 Å². The summed E-state index contributed by atoms with van der Waals surface area (Å²) in [4.78, 5) is 22.0. The highest BCUT2D eigenvalue weighted by molar-refractivity contribution is 5.75. The van der Waals surface area contributed by atoms with Gasteiger partial charge in [-0.15, -0.1) is 5.17 Å². The maximum Gasteiger partial charge on any atom is 0.317 e. The van der Waals surface area contributed by atoms with Crippen LogP contribution in [0.25, 0.3) is 0 Å². The molecule has 3 N–H and O–H groups in total. The summed E-state index contributed by atoms with van der Waals surface area (Å²) in [5, 5.41) is 8.25. The number of rotatable bonds is 7. The number of nitrogens with zero attached hydrogens (tertiary/aromatic N) is 3. The lowest BCUT2D eigenvalue weighted by Crippen LogP contribution is -2.56. The molecule has 2 aromatic carbocycles. The predicted octanol–water partition coefficient (Wildman–Crippen LogP) is 4.22. The van der Waals surface area contributed by atoms with Crippen LogP contribution in [0.2, 0.25) is 0 Å². The zero-order valence-electron chi connectivity index (χ0n) is 22.9. The van der Waals surface area contributed by atoms with E-state index >= 15 is 0 Å². The maximum atomic E-state index is 13.7. The number of aryl methyl sites for hydroxylation is 1. The standard InChI is InChI=1S/C29H37F3N6O2/c1-19-13-21(3-4-27(19)38-35-9-12-40-38)14-23-17-33-7-5-22(23)6-8-34-29(39)37-11-10-36(18-20(37)2)24-15-25(30)28(32)26(31)16-24/h3-4,9,12-13,15-16,20,22-23,33,35H,5-8,10-11,14,17-18H2,1-2H3,(H,34,39)/t20-,22?,23?/m1/s1. The van der Waals surface area contributed by atoms with E-state index in [1.165, 1.54) is 5.56 Å². The molecule has 40 heavy (non-hydrogen) atoms. The number of hydrazine groups is 1. The Kier molecular flexibility index (Phi) is 8.58. The molecular weight excluding hydrogens is 521 g/mol. The molecule has 2 amide bonds. The fourth-order valence-electron chi connectivity index (χ4n) is 6.00. The molecule has 0 saturated carbocycles. The summed E-state index contributed by atoms with van der Waals surface area (Å²) in [5.41, 5.74) is 6.70. The molecule has 3 heterocycles. The van der Waals surface area contributed by atoms with Crippen molar-refractivity contribution in [1.82, 2.24) is 21.0 Å². The number of amides is 2. The number of benzene rings is 2. The van der Waals surface area contributed by atoms with Gasteiger partial charge in [0.2, 0.25) is 0 Å². The molecule has 2 aromatic rings. The number of anilines is 2. The van der Waals surface area contributed by atoms with Crippen LogP contribution in [0.15, 0.2) is 42.8 Å². The van der Waals surface area contributed by atoms with E-state index in [0.717, 1.165) is 55.7 Å². The molecule has 0 bridgehead atoms. The van der Waals surface area contributed by atoms with Crippen molar-refractivity contribution < 1.29 is 22.8 Å². The van der Waals surface area contributed by atoms with Crippen molar-refractivity contribution in [2.75, 3.05) is 49.3 Å². The van der Waals surface area contributed by atoms with Crippen LogP contribution in [0.5, 0.6) is 0 Å². The van der Waals surface area contributed by atoms with Crippen molar-refractivity contribution in [3.63, 3.8) is 0 Å². The molecule has 2 unspecified atom stereocenters. The molecule has 2 saturated heterocycles. The number of piperidine rings is 1. The van der Waals surface area contributed by atoms with Crippen molar-refractivity contribution in [2.24, 2.45) is 11.8 Å². The van der Waals surface area contributed by atoms with Crippen LogP contribution < -0.4 is 26.1 Å². The SMILES string of the molecule is Cc1cc(CC2CNCCC2CCNC(=O)N2CCN(c3cc(F)c(F)c(F)c3)C[C@H]2C)ccc1N1NC=CO1. The van der Waals surface area contributed by atoms with Crippen molar-refractivity contribution in [3.05, 3.63) is 71.4 Å². The topological polar surface area (TPSA) is 72.1 Å². The molecule has 3 aliphatic rings. The summed E-state index contributed by atoms with van der Waals surface area (Å²) >= 11 is 0. The van der Waals surface area contributed by atoms with Crippen molar-refractivity contribution in [2.45, 2.75) is 39.2 Å². The summed E-state index contributed by atoms with van der Waals surface area (Å²) in [6.45, 7) is 7.71. The smallest absolute Gasteiger partial charge is 0.317 e. The van der Waals surface area contributed by atoms with E-state index in [1.807, 2.05) is 6.92 Å². The highest BCUT2D eigenvalue weighted by atomic mass is 19.2. The Morgan fingerprint density at radius 3 is 2.62 bits per heavy atom. The average Bonchev–Trinajstić information content (AvgIpc) is 3.47. The number of urea groups is 1. The summed E-state index contributed by atoms with van der Waals surface area (Å²) in [6, 6.07) is 8.13. The van der Waals surface area contributed by atoms with E-state index in [0.29, 0.717) is 38.0 Å². The van der Waals surface area contributed by atoms with Gasteiger partial charge in [-0.1, -0.05) is 12.1 Å². The lowest BCUT2D eigenvalue weighted by molar-refractivity contribution is 0.169. The third kappa shape index (κ3) is 6.24. The summed E-state index contributed by atoms with van der Waals surface area (Å²) in [5.74, 6) is -2.93. The Bertz CT molecular complexity index is 1210. The maximum absolute atomic E-state index is 13.7. The van der Waals surface area contributed by atoms with E-state index in [1.54, 1.807) is 27.4 Å². The average molecular weight is 559 g/mol. The molecule has 0 radical (unpaired) electrons. The molecule has 216 valence electrons. The minimum Gasteiger partial charge on any atom is -0.368 e. The van der Waals surface area contributed by atoms with Crippen LogP contribution in [0.3, 0.4) is 0 Å². The van der Waals surface area contributed by atoms with E-state index < -0.39 is 17.5 Å². The lowest BCUT2D eigenvalue weighted by atomic mass is 9.80. The van der Waals surface area contributed by atoms with Crippen molar-refractivity contribution in [1.29, 1.82) is 0 Å². The predicted molar refractivity (Wildman–Crippen MR) is 148 cm³/mol. The number of carbonyl (C=O) groups excluding carboxylic acids is 1. The first kappa shape index (κ1) is 27.9. The highest BCUT2D eigenvalue weighted by Crippen LogP contribution is 2.29. The normalized spacial score (nSPS) is 22.7. The van der Waals surface area contributed by atoms with Gasteiger partial charge in [0.1, 0.15) is 11.9 Å².